The highest BCUT2D eigenvalue weighted by atomic mass is 79.9. The van der Waals surface area contributed by atoms with E-state index in [1.54, 1.807) is 19.1 Å². The minimum Gasteiger partial charge on any atom is -0.462 e. The van der Waals surface area contributed by atoms with Crippen molar-refractivity contribution >= 4 is 21.9 Å². The summed E-state index contributed by atoms with van der Waals surface area (Å²) < 4.78 is 5.64. The Kier molecular flexibility index (Phi) is 4.51. The lowest BCUT2D eigenvalue weighted by molar-refractivity contribution is 0.0525. The smallest absolute Gasteiger partial charge is 0.338 e. The van der Waals surface area contributed by atoms with Gasteiger partial charge in [0.25, 0.3) is 0 Å². The summed E-state index contributed by atoms with van der Waals surface area (Å²) in [5.41, 5.74) is 1.87. The van der Waals surface area contributed by atoms with Crippen molar-refractivity contribution in [3.8, 4) is 6.07 Å². The SMILES string of the molecule is CCOC(=O)c1ccc(C#N)c(Br)c1CC. The fraction of sp³-hybridized carbons (Fsp3) is 0.333. The molecule has 0 radical (unpaired) electrons. The molecule has 4 heteroatoms. The van der Waals surface area contributed by atoms with Crippen molar-refractivity contribution in [2.45, 2.75) is 20.3 Å². The summed E-state index contributed by atoms with van der Waals surface area (Å²) in [7, 11) is 0. The van der Waals surface area contributed by atoms with Gasteiger partial charge in [0.2, 0.25) is 0 Å². The van der Waals surface area contributed by atoms with Gasteiger partial charge in [0.15, 0.2) is 0 Å². The van der Waals surface area contributed by atoms with E-state index in [2.05, 4.69) is 22.0 Å². The van der Waals surface area contributed by atoms with Gasteiger partial charge < -0.3 is 4.74 Å². The molecule has 3 nitrogen and oxygen atoms in total. The number of halogens is 1. The van der Waals surface area contributed by atoms with Crippen LogP contribution in [0.5, 0.6) is 0 Å². The second kappa shape index (κ2) is 5.66. The average molecular weight is 282 g/mol. The summed E-state index contributed by atoms with van der Waals surface area (Å²) in [5, 5.41) is 8.88. The molecule has 84 valence electrons. The molecule has 1 aromatic rings. The molecule has 0 amide bonds. The summed E-state index contributed by atoms with van der Waals surface area (Å²) in [4.78, 5) is 11.7. The number of hydrogen-bond acceptors (Lipinski definition) is 3. The number of hydrogen-bond donors (Lipinski definition) is 0. The van der Waals surface area contributed by atoms with Crippen LogP contribution in [0.3, 0.4) is 0 Å². The van der Waals surface area contributed by atoms with E-state index >= 15 is 0 Å². The molecule has 0 spiro atoms. The van der Waals surface area contributed by atoms with Crippen molar-refractivity contribution in [2.75, 3.05) is 6.61 Å². The fourth-order valence-electron chi connectivity index (χ4n) is 1.45. The van der Waals surface area contributed by atoms with Crippen molar-refractivity contribution in [2.24, 2.45) is 0 Å². The van der Waals surface area contributed by atoms with E-state index in [0.717, 1.165) is 5.56 Å². The number of ether oxygens (including phenoxy) is 1. The molecular formula is C12H12BrNO2. The Morgan fingerprint density at radius 1 is 1.50 bits per heavy atom. The molecule has 0 unspecified atom stereocenters. The maximum absolute atomic E-state index is 11.7. The van der Waals surface area contributed by atoms with Gasteiger partial charge in [0.05, 0.1) is 17.7 Å². The molecule has 0 saturated heterocycles. The highest BCUT2D eigenvalue weighted by Gasteiger charge is 2.16. The predicted molar refractivity (Wildman–Crippen MR) is 64.2 cm³/mol. The van der Waals surface area contributed by atoms with Crippen LogP contribution in [0.15, 0.2) is 16.6 Å². The van der Waals surface area contributed by atoms with Gasteiger partial charge in [-0.1, -0.05) is 6.92 Å². The highest BCUT2D eigenvalue weighted by Crippen LogP contribution is 2.26. The second-order valence-corrected chi connectivity index (χ2v) is 3.93. The predicted octanol–water partition coefficient (Wildman–Crippen LogP) is 3.06. The van der Waals surface area contributed by atoms with Gasteiger partial charge in [-0.2, -0.15) is 5.26 Å². The number of carbonyl (C=O) groups is 1. The molecule has 1 aromatic carbocycles. The highest BCUT2D eigenvalue weighted by molar-refractivity contribution is 9.10. The van der Waals surface area contributed by atoms with Crippen LogP contribution >= 0.6 is 15.9 Å². The van der Waals surface area contributed by atoms with Crippen LogP contribution in [0.1, 0.15) is 35.3 Å². The maximum atomic E-state index is 11.7. The van der Waals surface area contributed by atoms with E-state index in [-0.39, 0.29) is 5.97 Å². The molecule has 0 aliphatic heterocycles. The van der Waals surface area contributed by atoms with Crippen molar-refractivity contribution in [3.05, 3.63) is 33.3 Å². The van der Waals surface area contributed by atoms with E-state index in [1.807, 2.05) is 6.92 Å². The van der Waals surface area contributed by atoms with Crippen molar-refractivity contribution in [1.82, 2.24) is 0 Å². The molecule has 16 heavy (non-hydrogen) atoms. The fourth-order valence-corrected chi connectivity index (χ4v) is 2.17. The van der Waals surface area contributed by atoms with Crippen LogP contribution in [-0.4, -0.2) is 12.6 Å². The monoisotopic (exact) mass is 281 g/mol. The molecular weight excluding hydrogens is 270 g/mol. The zero-order chi connectivity index (χ0) is 12.1. The van der Waals surface area contributed by atoms with E-state index in [4.69, 9.17) is 10.00 Å². The van der Waals surface area contributed by atoms with Gasteiger partial charge in [-0.25, -0.2) is 4.79 Å². The Morgan fingerprint density at radius 3 is 2.69 bits per heavy atom. The van der Waals surface area contributed by atoms with Gasteiger partial charge in [-0.15, -0.1) is 0 Å². The lowest BCUT2D eigenvalue weighted by Crippen LogP contribution is -2.09. The van der Waals surface area contributed by atoms with E-state index in [1.165, 1.54) is 0 Å². The first kappa shape index (κ1) is 12.7. The summed E-state index contributed by atoms with van der Waals surface area (Å²) in [6, 6.07) is 5.33. The van der Waals surface area contributed by atoms with Crippen LogP contribution in [0.2, 0.25) is 0 Å². The van der Waals surface area contributed by atoms with Gasteiger partial charge in [-0.05, 0) is 47.0 Å². The minimum absolute atomic E-state index is 0.343. The molecule has 0 bridgehead atoms. The third-order valence-corrected chi connectivity index (χ3v) is 3.12. The van der Waals surface area contributed by atoms with Crippen LogP contribution in [-0.2, 0) is 11.2 Å². The Labute approximate surface area is 103 Å². The summed E-state index contributed by atoms with van der Waals surface area (Å²) in [6.45, 7) is 4.05. The molecule has 0 saturated carbocycles. The summed E-state index contributed by atoms with van der Waals surface area (Å²) >= 11 is 3.34. The maximum Gasteiger partial charge on any atom is 0.338 e. The lowest BCUT2D eigenvalue weighted by Gasteiger charge is -2.10. The normalized spacial score (nSPS) is 9.62. The van der Waals surface area contributed by atoms with Gasteiger partial charge in [0.1, 0.15) is 6.07 Å². The zero-order valence-corrected chi connectivity index (χ0v) is 10.8. The minimum atomic E-state index is -0.343. The third kappa shape index (κ3) is 2.42. The van der Waals surface area contributed by atoms with Crippen LogP contribution in [0.4, 0.5) is 0 Å². The van der Waals surface area contributed by atoms with Gasteiger partial charge >= 0.3 is 5.97 Å². The zero-order valence-electron chi connectivity index (χ0n) is 9.21. The number of carbonyl (C=O) groups excluding carboxylic acids is 1. The van der Waals surface area contributed by atoms with Crippen LogP contribution in [0, 0.1) is 11.3 Å². The first-order chi connectivity index (χ1) is 7.65. The first-order valence-corrected chi connectivity index (χ1v) is 5.83. The molecule has 0 heterocycles. The lowest BCUT2D eigenvalue weighted by atomic mass is 10.0. The molecule has 1 rings (SSSR count). The van der Waals surface area contributed by atoms with Gasteiger partial charge in [-0.3, -0.25) is 0 Å². The molecule has 0 fully saturated rings. The molecule has 0 atom stereocenters. The number of esters is 1. The number of nitriles is 1. The summed E-state index contributed by atoms with van der Waals surface area (Å²) in [5.74, 6) is -0.343. The Bertz CT molecular complexity index is 449. The Balaban J connectivity index is 3.27. The third-order valence-electron chi connectivity index (χ3n) is 2.21. The molecule has 0 aliphatic carbocycles. The van der Waals surface area contributed by atoms with E-state index in [9.17, 15) is 4.79 Å². The average Bonchev–Trinajstić information content (AvgIpc) is 2.28. The molecule has 0 N–H and O–H groups in total. The van der Waals surface area contributed by atoms with Gasteiger partial charge in [0, 0.05) is 4.47 Å². The quantitative estimate of drug-likeness (QED) is 0.800. The first-order valence-electron chi connectivity index (χ1n) is 5.04. The molecule has 0 aliphatic rings. The van der Waals surface area contributed by atoms with Crippen molar-refractivity contribution < 1.29 is 9.53 Å². The number of rotatable bonds is 3. The van der Waals surface area contributed by atoms with Crippen molar-refractivity contribution in [3.63, 3.8) is 0 Å². The Morgan fingerprint density at radius 2 is 2.19 bits per heavy atom. The van der Waals surface area contributed by atoms with Crippen molar-refractivity contribution in [1.29, 1.82) is 5.26 Å². The van der Waals surface area contributed by atoms with Crippen LogP contribution < -0.4 is 0 Å². The Hall–Kier alpha value is -1.34. The van der Waals surface area contributed by atoms with E-state index < -0.39 is 0 Å². The second-order valence-electron chi connectivity index (χ2n) is 3.14. The standard InChI is InChI=1S/C12H12BrNO2/c1-3-9-10(12(15)16-4-2)6-5-8(7-14)11(9)13/h5-6H,3-4H2,1-2H3. The number of nitrogens with zero attached hydrogens (tertiary/aromatic N) is 1. The largest absolute Gasteiger partial charge is 0.462 e. The molecule has 0 aromatic heterocycles. The number of benzene rings is 1. The van der Waals surface area contributed by atoms with Crippen LogP contribution in [0.25, 0.3) is 0 Å². The topological polar surface area (TPSA) is 50.1 Å². The summed E-state index contributed by atoms with van der Waals surface area (Å²) in [6.07, 6.45) is 0.671. The van der Waals surface area contributed by atoms with E-state index in [0.29, 0.717) is 28.6 Å².